The van der Waals surface area contributed by atoms with Crippen molar-refractivity contribution in [2.45, 2.75) is 12.1 Å². The quantitative estimate of drug-likeness (QED) is 0.450. The Kier molecular flexibility index (Phi) is 4.02. The highest BCUT2D eigenvalue weighted by atomic mass is 79.9. The number of aliphatic imine (C=N–C) groups is 1. The number of halogens is 1. The van der Waals surface area contributed by atoms with Gasteiger partial charge in [-0.1, -0.05) is 60.7 Å². The topological polar surface area (TPSA) is 38.9 Å². The fourth-order valence-corrected chi connectivity index (χ4v) is 3.86. The summed E-state index contributed by atoms with van der Waals surface area (Å²) in [7, 11) is 0. The zero-order valence-corrected chi connectivity index (χ0v) is 16.0. The Morgan fingerprint density at radius 2 is 1.56 bits per heavy atom. The molecular weight excluding hydrogens is 402 g/mol. The predicted molar refractivity (Wildman–Crippen MR) is 109 cm³/mol. The molecule has 0 aliphatic carbocycles. The van der Waals surface area contributed by atoms with E-state index in [9.17, 15) is 0 Å². The van der Waals surface area contributed by atoms with Gasteiger partial charge < -0.3 is 9.14 Å². The number of pyridine rings is 1. The van der Waals surface area contributed by atoms with Gasteiger partial charge in [-0.15, -0.1) is 0 Å². The Morgan fingerprint density at radius 3 is 2.26 bits per heavy atom. The van der Waals surface area contributed by atoms with Crippen LogP contribution in [0.25, 0.3) is 5.65 Å². The molecule has 27 heavy (non-hydrogen) atoms. The highest BCUT2D eigenvalue weighted by molar-refractivity contribution is 9.10. The van der Waals surface area contributed by atoms with E-state index in [1.807, 2.05) is 65.3 Å². The minimum absolute atomic E-state index is 0.100. The first-order chi connectivity index (χ1) is 13.3. The Morgan fingerprint density at radius 1 is 0.852 bits per heavy atom. The summed E-state index contributed by atoms with van der Waals surface area (Å²) < 4.78 is 9.24. The van der Waals surface area contributed by atoms with Crippen molar-refractivity contribution < 1.29 is 4.74 Å². The summed E-state index contributed by atoms with van der Waals surface area (Å²) in [6.45, 7) is 0. The molecule has 0 saturated carbocycles. The average Bonchev–Trinajstić information content (AvgIpc) is 3.35. The fraction of sp³-hybridized carbons (Fsp3) is 0.0909. The zero-order chi connectivity index (χ0) is 18.2. The minimum atomic E-state index is -0.170. The summed E-state index contributed by atoms with van der Waals surface area (Å²) >= 11 is 3.55. The molecule has 4 aromatic rings. The number of rotatable bonds is 3. The molecule has 1 aliphatic heterocycles. The Labute approximate surface area is 165 Å². The van der Waals surface area contributed by atoms with Crippen LogP contribution in [0.4, 0.5) is 0 Å². The van der Waals surface area contributed by atoms with Gasteiger partial charge in [-0.2, -0.15) is 0 Å². The van der Waals surface area contributed by atoms with E-state index in [1.165, 1.54) is 0 Å². The molecule has 2 aromatic carbocycles. The second-order valence-electron chi connectivity index (χ2n) is 6.45. The molecule has 2 atom stereocenters. The normalized spacial score (nSPS) is 19.1. The molecule has 0 amide bonds. The summed E-state index contributed by atoms with van der Waals surface area (Å²) in [6.07, 6.45) is 3.75. The maximum atomic E-state index is 6.33. The summed E-state index contributed by atoms with van der Waals surface area (Å²) in [5.41, 5.74) is 3.82. The van der Waals surface area contributed by atoms with Crippen LogP contribution in [0.3, 0.4) is 0 Å². The second kappa shape index (κ2) is 6.67. The monoisotopic (exact) mass is 417 g/mol. The lowest BCUT2D eigenvalue weighted by molar-refractivity contribution is 0.196. The van der Waals surface area contributed by atoms with Gasteiger partial charge in [0.2, 0.25) is 5.90 Å². The molecule has 0 bridgehead atoms. The highest BCUT2D eigenvalue weighted by Crippen LogP contribution is 2.41. The van der Waals surface area contributed by atoms with Gasteiger partial charge in [0.15, 0.2) is 11.8 Å². The number of hydrogen-bond donors (Lipinski definition) is 0. The van der Waals surface area contributed by atoms with Crippen LogP contribution in [0.15, 0.2) is 94.7 Å². The third kappa shape index (κ3) is 2.94. The lowest BCUT2D eigenvalue weighted by Gasteiger charge is -2.18. The summed E-state index contributed by atoms with van der Waals surface area (Å²) in [6, 6.07) is 24.4. The van der Waals surface area contributed by atoms with Crippen LogP contribution in [-0.4, -0.2) is 15.3 Å². The van der Waals surface area contributed by atoms with Crippen molar-refractivity contribution >= 4 is 27.5 Å². The van der Waals surface area contributed by atoms with Gasteiger partial charge in [-0.25, -0.2) is 9.98 Å². The molecule has 3 heterocycles. The molecule has 132 valence electrons. The number of benzene rings is 2. The van der Waals surface area contributed by atoms with E-state index in [2.05, 4.69) is 40.2 Å². The van der Waals surface area contributed by atoms with Crippen molar-refractivity contribution in [3.05, 3.63) is 106 Å². The minimum Gasteiger partial charge on any atom is -0.465 e. The third-order valence-electron chi connectivity index (χ3n) is 4.71. The maximum absolute atomic E-state index is 6.33. The summed E-state index contributed by atoms with van der Waals surface area (Å²) in [4.78, 5) is 9.63. The lowest BCUT2D eigenvalue weighted by Crippen LogP contribution is -2.09. The third-order valence-corrected chi connectivity index (χ3v) is 5.32. The number of fused-ring (bicyclic) bond motifs is 1. The smallest absolute Gasteiger partial charge is 0.238 e. The fourth-order valence-electron chi connectivity index (χ4n) is 3.41. The van der Waals surface area contributed by atoms with Crippen LogP contribution in [-0.2, 0) is 4.74 Å². The standard InChI is InChI=1S/C22H16BrN3O/c23-17-12-7-13-26-14-18(24-21(17)26)22-25-19(15-8-3-1-4-9-15)20(27-22)16-10-5-2-6-11-16/h1-14,19-20H/t19-,20-/m1/s1. The second-order valence-corrected chi connectivity index (χ2v) is 7.31. The predicted octanol–water partition coefficient (Wildman–Crippen LogP) is 5.36. The van der Waals surface area contributed by atoms with Gasteiger partial charge in [-0.05, 0) is 39.2 Å². The number of imidazole rings is 1. The van der Waals surface area contributed by atoms with Crippen LogP contribution in [0.2, 0.25) is 0 Å². The first kappa shape index (κ1) is 16.3. The summed E-state index contributed by atoms with van der Waals surface area (Å²) in [5.74, 6) is 0.577. The average molecular weight is 418 g/mol. The molecule has 0 unspecified atom stereocenters. The van der Waals surface area contributed by atoms with Crippen molar-refractivity contribution in [2.75, 3.05) is 0 Å². The van der Waals surface area contributed by atoms with Crippen molar-refractivity contribution in [2.24, 2.45) is 4.99 Å². The number of ether oxygens (including phenoxy) is 1. The van der Waals surface area contributed by atoms with Crippen molar-refractivity contribution in [3.63, 3.8) is 0 Å². The van der Waals surface area contributed by atoms with Gasteiger partial charge in [0.1, 0.15) is 11.7 Å². The lowest BCUT2D eigenvalue weighted by atomic mass is 9.97. The van der Waals surface area contributed by atoms with E-state index < -0.39 is 0 Å². The van der Waals surface area contributed by atoms with E-state index in [4.69, 9.17) is 14.7 Å². The van der Waals surface area contributed by atoms with Crippen LogP contribution in [0.1, 0.15) is 29.0 Å². The molecule has 0 fully saturated rings. The van der Waals surface area contributed by atoms with Gasteiger partial charge in [0, 0.05) is 12.4 Å². The van der Waals surface area contributed by atoms with E-state index in [1.54, 1.807) is 0 Å². The van der Waals surface area contributed by atoms with Crippen LogP contribution >= 0.6 is 15.9 Å². The van der Waals surface area contributed by atoms with E-state index in [-0.39, 0.29) is 12.1 Å². The number of nitrogens with zero attached hydrogens (tertiary/aromatic N) is 3. The van der Waals surface area contributed by atoms with Crippen molar-refractivity contribution in [1.29, 1.82) is 0 Å². The molecule has 0 spiro atoms. The highest BCUT2D eigenvalue weighted by Gasteiger charge is 2.34. The molecule has 5 rings (SSSR count). The molecule has 0 radical (unpaired) electrons. The van der Waals surface area contributed by atoms with Gasteiger partial charge in [0.05, 0.1) is 4.47 Å². The largest absolute Gasteiger partial charge is 0.465 e. The first-order valence-electron chi connectivity index (χ1n) is 8.77. The van der Waals surface area contributed by atoms with Gasteiger partial charge in [0.25, 0.3) is 0 Å². The van der Waals surface area contributed by atoms with Gasteiger partial charge in [-0.3, -0.25) is 0 Å². The first-order valence-corrected chi connectivity index (χ1v) is 9.57. The van der Waals surface area contributed by atoms with Crippen molar-refractivity contribution in [3.8, 4) is 0 Å². The summed E-state index contributed by atoms with van der Waals surface area (Å²) in [5, 5.41) is 0. The van der Waals surface area contributed by atoms with E-state index in [0.29, 0.717) is 5.90 Å². The van der Waals surface area contributed by atoms with E-state index in [0.717, 1.165) is 26.9 Å². The Hall–Kier alpha value is -2.92. The van der Waals surface area contributed by atoms with Crippen LogP contribution < -0.4 is 0 Å². The van der Waals surface area contributed by atoms with Crippen LogP contribution in [0, 0.1) is 0 Å². The molecule has 4 nitrogen and oxygen atoms in total. The number of aromatic nitrogens is 2. The van der Waals surface area contributed by atoms with Crippen molar-refractivity contribution in [1.82, 2.24) is 9.38 Å². The zero-order valence-electron chi connectivity index (χ0n) is 14.4. The molecular formula is C22H16BrN3O. The molecule has 2 aromatic heterocycles. The maximum Gasteiger partial charge on any atom is 0.238 e. The molecule has 0 N–H and O–H groups in total. The Bertz CT molecular complexity index is 1120. The van der Waals surface area contributed by atoms with Gasteiger partial charge >= 0.3 is 0 Å². The Balaban J connectivity index is 1.59. The van der Waals surface area contributed by atoms with E-state index >= 15 is 0 Å². The molecule has 0 saturated heterocycles. The molecule has 1 aliphatic rings. The number of hydrogen-bond acceptors (Lipinski definition) is 3. The van der Waals surface area contributed by atoms with Crippen LogP contribution in [0.5, 0.6) is 0 Å². The molecule has 5 heteroatoms. The SMILES string of the molecule is Brc1cccn2cc(C3=N[C@H](c4ccccc4)[C@@H](c4ccccc4)O3)nc12.